The Kier molecular flexibility index (Phi) is 5.01. The summed E-state index contributed by atoms with van der Waals surface area (Å²) in [4.78, 5) is 27.3. The Hall–Kier alpha value is -2.53. The van der Waals surface area contributed by atoms with Gasteiger partial charge in [0.05, 0.1) is 5.75 Å². The molecule has 5 heteroatoms. The van der Waals surface area contributed by atoms with Crippen molar-refractivity contribution in [2.75, 3.05) is 11.1 Å². The normalized spacial score (nSPS) is 10.7. The van der Waals surface area contributed by atoms with Gasteiger partial charge in [-0.25, -0.2) is 0 Å². The van der Waals surface area contributed by atoms with Crippen LogP contribution in [0.25, 0.3) is 10.9 Å². The van der Waals surface area contributed by atoms with Crippen LogP contribution in [0.15, 0.2) is 59.4 Å². The molecule has 0 spiro atoms. The monoisotopic (exact) mass is 338 g/mol. The number of nitrogens with one attached hydrogen (secondary N) is 2. The number of H-pyrrole nitrogens is 1. The highest BCUT2D eigenvalue weighted by Gasteiger charge is 2.05. The van der Waals surface area contributed by atoms with Gasteiger partial charge in [0, 0.05) is 34.1 Å². The van der Waals surface area contributed by atoms with Gasteiger partial charge in [-0.1, -0.05) is 29.8 Å². The second-order valence-electron chi connectivity index (χ2n) is 5.61. The first-order chi connectivity index (χ1) is 11.6. The summed E-state index contributed by atoms with van der Waals surface area (Å²) in [6.45, 7) is 2.01. The lowest BCUT2D eigenvalue weighted by molar-refractivity contribution is -0.113. The van der Waals surface area contributed by atoms with Crippen molar-refractivity contribution in [3.05, 3.63) is 76.1 Å². The third-order valence-corrected chi connectivity index (χ3v) is 4.60. The number of carbonyl (C=O) groups excluding carboxylic acids is 1. The lowest BCUT2D eigenvalue weighted by Crippen LogP contribution is -2.14. The summed E-state index contributed by atoms with van der Waals surface area (Å²) >= 11 is 1.47. The van der Waals surface area contributed by atoms with Gasteiger partial charge in [-0.3, -0.25) is 9.59 Å². The van der Waals surface area contributed by atoms with Crippen molar-refractivity contribution in [3.63, 3.8) is 0 Å². The third-order valence-electron chi connectivity index (χ3n) is 3.62. The van der Waals surface area contributed by atoms with E-state index in [1.807, 2.05) is 49.4 Å². The molecular formula is C19H18N2O2S. The molecule has 1 heterocycles. The Morgan fingerprint density at radius 1 is 1.12 bits per heavy atom. The van der Waals surface area contributed by atoms with Gasteiger partial charge in [-0.05, 0) is 31.2 Å². The van der Waals surface area contributed by atoms with E-state index in [2.05, 4.69) is 10.3 Å². The van der Waals surface area contributed by atoms with Gasteiger partial charge in [-0.2, -0.15) is 0 Å². The molecule has 0 aliphatic carbocycles. The van der Waals surface area contributed by atoms with Gasteiger partial charge in [-0.15, -0.1) is 11.8 Å². The summed E-state index contributed by atoms with van der Waals surface area (Å²) < 4.78 is 0. The smallest absolute Gasteiger partial charge is 0.234 e. The summed E-state index contributed by atoms with van der Waals surface area (Å²) in [5.41, 5.74) is 3.61. The van der Waals surface area contributed by atoms with Gasteiger partial charge in [0.2, 0.25) is 5.91 Å². The van der Waals surface area contributed by atoms with E-state index < -0.39 is 0 Å². The number of carbonyl (C=O) groups is 1. The molecule has 3 rings (SSSR count). The molecule has 2 aromatic carbocycles. The number of hydrogen-bond donors (Lipinski definition) is 2. The van der Waals surface area contributed by atoms with Crippen LogP contribution >= 0.6 is 11.8 Å². The van der Waals surface area contributed by atoms with Crippen molar-refractivity contribution >= 4 is 34.3 Å². The minimum Gasteiger partial charge on any atom is -0.357 e. The number of para-hydroxylation sites is 1. The Morgan fingerprint density at radius 3 is 2.67 bits per heavy atom. The number of pyridine rings is 1. The topological polar surface area (TPSA) is 62.0 Å². The largest absolute Gasteiger partial charge is 0.357 e. The molecule has 0 bridgehead atoms. The van der Waals surface area contributed by atoms with Crippen LogP contribution in [0.2, 0.25) is 0 Å². The number of aromatic amines is 1. The summed E-state index contributed by atoms with van der Waals surface area (Å²) in [7, 11) is 0. The van der Waals surface area contributed by atoms with Crippen LogP contribution in [-0.2, 0) is 10.5 Å². The molecule has 0 aliphatic heterocycles. The van der Waals surface area contributed by atoms with Gasteiger partial charge >= 0.3 is 0 Å². The zero-order valence-corrected chi connectivity index (χ0v) is 14.2. The molecule has 1 amide bonds. The van der Waals surface area contributed by atoms with Crippen molar-refractivity contribution in [1.82, 2.24) is 4.98 Å². The lowest BCUT2D eigenvalue weighted by Gasteiger charge is -2.06. The number of thioether (sulfide) groups is 1. The number of rotatable bonds is 5. The molecule has 0 atom stereocenters. The van der Waals surface area contributed by atoms with E-state index in [4.69, 9.17) is 0 Å². The molecule has 2 N–H and O–H groups in total. The fourth-order valence-electron chi connectivity index (χ4n) is 2.42. The SMILES string of the molecule is Cc1ccc(NC(=O)CSCc2cc(=O)c3ccccc3[nH]2)cc1. The maximum Gasteiger partial charge on any atom is 0.234 e. The maximum atomic E-state index is 12.1. The second-order valence-corrected chi connectivity index (χ2v) is 6.60. The minimum absolute atomic E-state index is 0.00376. The number of aromatic nitrogens is 1. The quantitative estimate of drug-likeness (QED) is 0.745. The number of fused-ring (bicyclic) bond motifs is 1. The van der Waals surface area contributed by atoms with E-state index in [9.17, 15) is 9.59 Å². The Balaban J connectivity index is 1.57. The first-order valence-electron chi connectivity index (χ1n) is 7.67. The first-order valence-corrected chi connectivity index (χ1v) is 8.82. The number of amides is 1. The Bertz CT molecular complexity index is 917. The number of aryl methyl sites for hydroxylation is 1. The highest BCUT2D eigenvalue weighted by atomic mass is 32.2. The van der Waals surface area contributed by atoms with Crippen LogP contribution in [0.5, 0.6) is 0 Å². The van der Waals surface area contributed by atoms with E-state index in [0.29, 0.717) is 16.9 Å². The summed E-state index contributed by atoms with van der Waals surface area (Å²) in [5, 5.41) is 3.55. The first kappa shape index (κ1) is 16.3. The van der Waals surface area contributed by atoms with Gasteiger partial charge in [0.25, 0.3) is 0 Å². The molecular weight excluding hydrogens is 320 g/mol. The van der Waals surface area contributed by atoms with E-state index in [0.717, 1.165) is 22.5 Å². The molecule has 0 fully saturated rings. The maximum absolute atomic E-state index is 12.1. The molecule has 0 unspecified atom stereocenters. The van der Waals surface area contributed by atoms with Crippen LogP contribution < -0.4 is 10.7 Å². The molecule has 0 saturated carbocycles. The molecule has 0 saturated heterocycles. The zero-order chi connectivity index (χ0) is 16.9. The summed E-state index contributed by atoms with van der Waals surface area (Å²) in [6.07, 6.45) is 0. The minimum atomic E-state index is -0.0491. The molecule has 0 radical (unpaired) electrons. The van der Waals surface area contributed by atoms with Crippen molar-refractivity contribution in [3.8, 4) is 0 Å². The molecule has 4 nitrogen and oxygen atoms in total. The zero-order valence-electron chi connectivity index (χ0n) is 13.3. The van der Waals surface area contributed by atoms with Crippen molar-refractivity contribution in [1.29, 1.82) is 0 Å². The standard InChI is InChI=1S/C19H18N2O2S/c1-13-6-8-14(9-7-13)21-19(23)12-24-11-15-10-18(22)16-4-2-3-5-17(16)20-15/h2-10H,11-12H2,1H3,(H,20,22)(H,21,23). The molecule has 0 aliphatic rings. The lowest BCUT2D eigenvalue weighted by atomic mass is 10.2. The van der Waals surface area contributed by atoms with E-state index >= 15 is 0 Å². The summed E-state index contributed by atoms with van der Waals surface area (Å²) in [5.74, 6) is 0.872. The Labute approximate surface area is 144 Å². The molecule has 24 heavy (non-hydrogen) atoms. The van der Waals surface area contributed by atoms with Crippen LogP contribution in [-0.4, -0.2) is 16.6 Å². The predicted molar refractivity (Wildman–Crippen MR) is 101 cm³/mol. The van der Waals surface area contributed by atoms with Gasteiger partial charge in [0.15, 0.2) is 5.43 Å². The van der Waals surface area contributed by atoms with E-state index in [1.54, 1.807) is 12.1 Å². The number of hydrogen-bond acceptors (Lipinski definition) is 3. The average Bonchev–Trinajstić information content (AvgIpc) is 2.57. The van der Waals surface area contributed by atoms with Crippen LogP contribution in [0.3, 0.4) is 0 Å². The second kappa shape index (κ2) is 7.36. The Morgan fingerprint density at radius 2 is 1.88 bits per heavy atom. The van der Waals surface area contributed by atoms with Crippen molar-refractivity contribution in [2.24, 2.45) is 0 Å². The van der Waals surface area contributed by atoms with E-state index in [1.165, 1.54) is 11.8 Å². The van der Waals surface area contributed by atoms with Crippen LogP contribution in [0.1, 0.15) is 11.3 Å². The predicted octanol–water partition coefficient (Wildman–Crippen LogP) is 3.71. The van der Waals surface area contributed by atoms with E-state index in [-0.39, 0.29) is 11.3 Å². The highest BCUT2D eigenvalue weighted by Crippen LogP contribution is 2.14. The van der Waals surface area contributed by atoms with Crippen LogP contribution in [0, 0.1) is 6.92 Å². The van der Waals surface area contributed by atoms with Crippen molar-refractivity contribution < 1.29 is 4.79 Å². The van der Waals surface area contributed by atoms with Gasteiger partial charge < -0.3 is 10.3 Å². The number of anilines is 1. The number of benzene rings is 2. The molecule has 3 aromatic rings. The molecule has 122 valence electrons. The van der Waals surface area contributed by atoms with Gasteiger partial charge in [0.1, 0.15) is 0 Å². The summed E-state index contributed by atoms with van der Waals surface area (Å²) in [6, 6.07) is 16.7. The fraction of sp³-hybridized carbons (Fsp3) is 0.158. The highest BCUT2D eigenvalue weighted by molar-refractivity contribution is 7.99. The van der Waals surface area contributed by atoms with Crippen molar-refractivity contribution in [2.45, 2.75) is 12.7 Å². The average molecular weight is 338 g/mol. The molecule has 1 aromatic heterocycles. The third kappa shape index (κ3) is 4.06. The van der Waals surface area contributed by atoms with Crippen LogP contribution in [0.4, 0.5) is 5.69 Å². The fourth-order valence-corrected chi connectivity index (χ4v) is 3.15.